The average Bonchev–Trinajstić information content (AvgIpc) is 2.31. The Morgan fingerprint density at radius 1 is 0.944 bits per heavy atom. The molecule has 0 aliphatic heterocycles. The zero-order chi connectivity index (χ0) is 13.0. The Labute approximate surface area is 107 Å². The fraction of sp³-hybridized carbons (Fsp3) is 0.600. The van der Waals surface area contributed by atoms with E-state index in [1.165, 1.54) is 44.2 Å². The molecule has 1 aromatic carbocycles. The summed E-state index contributed by atoms with van der Waals surface area (Å²) in [5.41, 5.74) is 6.94. The topological polar surface area (TPSA) is 26.0 Å². The Bertz CT molecular complexity index is 384. The van der Waals surface area contributed by atoms with E-state index in [-0.39, 0.29) is 6.04 Å². The summed E-state index contributed by atoms with van der Waals surface area (Å²) in [6.45, 7) is 0. The SMILES string of the molecule is NC(c1ccc(F)c(F)c1)C1CCCCCCC1. The number of hydrogen-bond acceptors (Lipinski definition) is 1. The van der Waals surface area contributed by atoms with Gasteiger partial charge in [-0.3, -0.25) is 0 Å². The zero-order valence-electron chi connectivity index (χ0n) is 10.7. The summed E-state index contributed by atoms with van der Waals surface area (Å²) in [6.07, 6.45) is 8.43. The molecular weight excluding hydrogens is 232 g/mol. The predicted octanol–water partition coefficient (Wildman–Crippen LogP) is 4.33. The van der Waals surface area contributed by atoms with Gasteiger partial charge in [-0.15, -0.1) is 0 Å². The normalized spacial score (nSPS) is 20.2. The van der Waals surface area contributed by atoms with Gasteiger partial charge >= 0.3 is 0 Å². The molecule has 0 radical (unpaired) electrons. The number of benzene rings is 1. The molecule has 0 spiro atoms. The molecule has 1 aromatic rings. The summed E-state index contributed by atoms with van der Waals surface area (Å²) in [5.74, 6) is -1.20. The Morgan fingerprint density at radius 3 is 2.17 bits per heavy atom. The maximum atomic E-state index is 13.2. The lowest BCUT2D eigenvalue weighted by Crippen LogP contribution is -2.22. The standard InChI is InChI=1S/C15H21F2N/c16-13-9-8-12(10-14(13)17)15(18)11-6-4-2-1-3-5-7-11/h8-11,15H,1-7,18H2. The molecule has 1 aliphatic carbocycles. The van der Waals surface area contributed by atoms with E-state index in [1.807, 2.05) is 0 Å². The maximum Gasteiger partial charge on any atom is 0.159 e. The molecule has 0 saturated heterocycles. The molecule has 2 N–H and O–H groups in total. The van der Waals surface area contributed by atoms with Crippen LogP contribution in [0.3, 0.4) is 0 Å². The van der Waals surface area contributed by atoms with E-state index in [0.29, 0.717) is 5.92 Å². The van der Waals surface area contributed by atoms with E-state index < -0.39 is 11.6 Å². The van der Waals surface area contributed by atoms with Crippen molar-refractivity contribution in [2.45, 2.75) is 51.0 Å². The van der Waals surface area contributed by atoms with E-state index in [0.717, 1.165) is 18.4 Å². The minimum Gasteiger partial charge on any atom is -0.324 e. The van der Waals surface area contributed by atoms with E-state index in [2.05, 4.69) is 0 Å². The first kappa shape index (κ1) is 13.5. The minimum absolute atomic E-state index is 0.168. The summed E-state index contributed by atoms with van der Waals surface area (Å²) in [5, 5.41) is 0. The molecule has 1 atom stereocenters. The summed E-state index contributed by atoms with van der Waals surface area (Å²) in [4.78, 5) is 0. The Kier molecular flexibility index (Phi) is 4.70. The second-order valence-electron chi connectivity index (χ2n) is 5.30. The maximum absolute atomic E-state index is 13.2. The van der Waals surface area contributed by atoms with Gasteiger partial charge in [0.15, 0.2) is 11.6 Å². The van der Waals surface area contributed by atoms with Crippen molar-refractivity contribution in [1.82, 2.24) is 0 Å². The molecule has 1 saturated carbocycles. The van der Waals surface area contributed by atoms with Crippen LogP contribution in [-0.4, -0.2) is 0 Å². The third-order valence-electron chi connectivity index (χ3n) is 3.99. The van der Waals surface area contributed by atoms with Crippen LogP contribution in [0.15, 0.2) is 18.2 Å². The van der Waals surface area contributed by atoms with Gasteiger partial charge < -0.3 is 5.73 Å². The van der Waals surface area contributed by atoms with Gasteiger partial charge in [0.25, 0.3) is 0 Å². The molecule has 1 nitrogen and oxygen atoms in total. The van der Waals surface area contributed by atoms with Gasteiger partial charge in [0.05, 0.1) is 0 Å². The summed E-state index contributed by atoms with van der Waals surface area (Å²) < 4.78 is 26.1. The van der Waals surface area contributed by atoms with Gasteiger partial charge in [0.1, 0.15) is 0 Å². The molecule has 0 heterocycles. The lowest BCUT2D eigenvalue weighted by Gasteiger charge is -2.26. The summed E-state index contributed by atoms with van der Waals surface area (Å²) >= 11 is 0. The van der Waals surface area contributed by atoms with Crippen molar-refractivity contribution in [2.75, 3.05) is 0 Å². The van der Waals surface area contributed by atoms with Crippen molar-refractivity contribution < 1.29 is 8.78 Å². The third-order valence-corrected chi connectivity index (χ3v) is 3.99. The molecule has 3 heteroatoms. The molecule has 18 heavy (non-hydrogen) atoms. The van der Waals surface area contributed by atoms with Crippen LogP contribution in [0.2, 0.25) is 0 Å². The average molecular weight is 253 g/mol. The van der Waals surface area contributed by atoms with Crippen LogP contribution in [0, 0.1) is 17.6 Å². The van der Waals surface area contributed by atoms with Crippen LogP contribution >= 0.6 is 0 Å². The molecule has 2 rings (SSSR count). The Hall–Kier alpha value is -0.960. The lowest BCUT2D eigenvalue weighted by molar-refractivity contribution is 0.326. The molecule has 1 aliphatic rings. The van der Waals surface area contributed by atoms with E-state index in [1.54, 1.807) is 6.07 Å². The van der Waals surface area contributed by atoms with Gasteiger partial charge in [-0.05, 0) is 36.5 Å². The molecule has 0 aromatic heterocycles. The highest BCUT2D eigenvalue weighted by Gasteiger charge is 2.21. The van der Waals surface area contributed by atoms with Crippen LogP contribution in [0.4, 0.5) is 8.78 Å². The molecule has 1 unspecified atom stereocenters. The number of rotatable bonds is 2. The Morgan fingerprint density at radius 2 is 1.56 bits per heavy atom. The minimum atomic E-state index is -0.802. The van der Waals surface area contributed by atoms with Gasteiger partial charge in [-0.25, -0.2) is 8.78 Å². The van der Waals surface area contributed by atoms with Crippen LogP contribution in [0.1, 0.15) is 56.6 Å². The molecular formula is C15H21F2N. The van der Waals surface area contributed by atoms with Crippen molar-refractivity contribution in [3.63, 3.8) is 0 Å². The highest BCUT2D eigenvalue weighted by Crippen LogP contribution is 2.31. The molecule has 0 bridgehead atoms. The summed E-state index contributed by atoms with van der Waals surface area (Å²) in [7, 11) is 0. The smallest absolute Gasteiger partial charge is 0.159 e. The monoisotopic (exact) mass is 253 g/mol. The highest BCUT2D eigenvalue weighted by atomic mass is 19.2. The largest absolute Gasteiger partial charge is 0.324 e. The van der Waals surface area contributed by atoms with Gasteiger partial charge in [-0.2, -0.15) is 0 Å². The van der Waals surface area contributed by atoms with Crippen LogP contribution in [0.25, 0.3) is 0 Å². The van der Waals surface area contributed by atoms with Gasteiger partial charge in [0, 0.05) is 6.04 Å². The predicted molar refractivity (Wildman–Crippen MR) is 69.1 cm³/mol. The summed E-state index contributed by atoms with van der Waals surface area (Å²) in [6, 6.07) is 3.87. The van der Waals surface area contributed by atoms with Crippen molar-refractivity contribution >= 4 is 0 Å². The van der Waals surface area contributed by atoms with Gasteiger partial charge in [-0.1, -0.05) is 38.2 Å². The fourth-order valence-electron chi connectivity index (χ4n) is 2.84. The molecule has 100 valence electrons. The third kappa shape index (κ3) is 3.29. The quantitative estimate of drug-likeness (QED) is 0.834. The first-order valence-electron chi connectivity index (χ1n) is 6.89. The molecule has 1 fully saturated rings. The fourth-order valence-corrected chi connectivity index (χ4v) is 2.84. The lowest BCUT2D eigenvalue weighted by atomic mass is 9.83. The van der Waals surface area contributed by atoms with Crippen molar-refractivity contribution in [3.05, 3.63) is 35.4 Å². The van der Waals surface area contributed by atoms with E-state index in [4.69, 9.17) is 5.73 Å². The van der Waals surface area contributed by atoms with Crippen LogP contribution < -0.4 is 5.73 Å². The first-order chi connectivity index (χ1) is 8.68. The number of nitrogens with two attached hydrogens (primary N) is 1. The first-order valence-corrected chi connectivity index (χ1v) is 6.89. The second kappa shape index (κ2) is 6.28. The second-order valence-corrected chi connectivity index (χ2v) is 5.30. The molecule has 0 amide bonds. The van der Waals surface area contributed by atoms with Crippen molar-refractivity contribution in [2.24, 2.45) is 11.7 Å². The van der Waals surface area contributed by atoms with Crippen molar-refractivity contribution in [3.8, 4) is 0 Å². The highest BCUT2D eigenvalue weighted by molar-refractivity contribution is 5.21. The van der Waals surface area contributed by atoms with E-state index in [9.17, 15) is 8.78 Å². The van der Waals surface area contributed by atoms with E-state index >= 15 is 0 Å². The van der Waals surface area contributed by atoms with Crippen LogP contribution in [0.5, 0.6) is 0 Å². The number of halogens is 2. The van der Waals surface area contributed by atoms with Crippen molar-refractivity contribution in [1.29, 1.82) is 0 Å². The zero-order valence-corrected chi connectivity index (χ0v) is 10.7. The number of hydrogen-bond donors (Lipinski definition) is 1. The Balaban J connectivity index is 2.08. The van der Waals surface area contributed by atoms with Crippen LogP contribution in [-0.2, 0) is 0 Å². The van der Waals surface area contributed by atoms with Gasteiger partial charge in [0.2, 0.25) is 0 Å².